The standard InChI is InChI=1S/C32H33Cl3N2O4/c1-31(2)12-22-28(24(38)14-31)27(29-23(37(22)5)13-32(3,4)15-25(29)39)17-10-19(34)30(20(35)11-17)41-16-26(40)36-21-9-7-6-8-18(21)33/h6-11,27H,12-16H2,1-5H3,(H,36,40). The van der Waals surface area contributed by atoms with Crippen LogP contribution in [0, 0.1) is 10.8 Å². The van der Waals surface area contributed by atoms with Crippen LogP contribution < -0.4 is 10.1 Å². The summed E-state index contributed by atoms with van der Waals surface area (Å²) in [6, 6.07) is 10.3. The first-order valence-corrected chi connectivity index (χ1v) is 14.7. The van der Waals surface area contributed by atoms with Crippen molar-refractivity contribution in [2.45, 2.75) is 59.3 Å². The van der Waals surface area contributed by atoms with Crippen molar-refractivity contribution in [3.05, 3.63) is 79.6 Å². The summed E-state index contributed by atoms with van der Waals surface area (Å²) >= 11 is 19.5. The maximum atomic E-state index is 13.7. The fourth-order valence-electron chi connectivity index (χ4n) is 6.27. The van der Waals surface area contributed by atoms with Crippen molar-refractivity contribution in [2.75, 3.05) is 19.0 Å². The van der Waals surface area contributed by atoms with E-state index >= 15 is 0 Å². The molecule has 1 heterocycles. The quantitative estimate of drug-likeness (QED) is 0.369. The van der Waals surface area contributed by atoms with Crippen LogP contribution in [-0.4, -0.2) is 36.0 Å². The van der Waals surface area contributed by atoms with E-state index in [0.29, 0.717) is 40.3 Å². The summed E-state index contributed by atoms with van der Waals surface area (Å²) in [4.78, 5) is 42.0. The number of halogens is 3. The molecule has 2 aliphatic carbocycles. The first-order valence-electron chi connectivity index (χ1n) is 13.6. The number of carbonyl (C=O) groups excluding carboxylic acids is 3. The predicted molar refractivity (Wildman–Crippen MR) is 163 cm³/mol. The summed E-state index contributed by atoms with van der Waals surface area (Å²) in [7, 11) is 1.97. The van der Waals surface area contributed by atoms with E-state index in [-0.39, 0.29) is 44.8 Å². The SMILES string of the molecule is CN1C2=C(C(=O)CC(C)(C)C2)C(c2cc(Cl)c(OCC(=O)Nc3ccccc3Cl)c(Cl)c2)C2=C1CC(C)(C)CC2=O. The van der Waals surface area contributed by atoms with Crippen LogP contribution in [0.5, 0.6) is 5.75 Å². The van der Waals surface area contributed by atoms with E-state index in [4.69, 9.17) is 39.5 Å². The molecule has 1 aliphatic heterocycles. The van der Waals surface area contributed by atoms with Crippen molar-refractivity contribution < 1.29 is 19.1 Å². The maximum Gasteiger partial charge on any atom is 0.262 e. The zero-order valence-corrected chi connectivity index (χ0v) is 26.1. The Morgan fingerprint density at radius 1 is 0.878 bits per heavy atom. The molecule has 0 radical (unpaired) electrons. The second kappa shape index (κ2) is 10.8. The zero-order chi connectivity index (χ0) is 29.9. The van der Waals surface area contributed by atoms with E-state index in [9.17, 15) is 14.4 Å². The monoisotopic (exact) mass is 614 g/mol. The van der Waals surface area contributed by atoms with Gasteiger partial charge in [0.05, 0.1) is 20.8 Å². The molecule has 6 nitrogen and oxygen atoms in total. The molecule has 0 saturated carbocycles. The molecule has 0 aromatic heterocycles. The number of benzene rings is 2. The second-order valence-electron chi connectivity index (χ2n) is 12.7. The van der Waals surface area contributed by atoms with E-state index in [1.165, 1.54) is 0 Å². The van der Waals surface area contributed by atoms with Crippen molar-refractivity contribution in [1.82, 2.24) is 4.90 Å². The number of para-hydroxylation sites is 1. The number of nitrogens with one attached hydrogen (secondary N) is 1. The number of nitrogens with zero attached hydrogens (tertiary/aromatic N) is 1. The molecule has 0 saturated heterocycles. The number of ketones is 2. The molecule has 0 spiro atoms. The van der Waals surface area contributed by atoms with E-state index in [1.54, 1.807) is 36.4 Å². The summed E-state index contributed by atoms with van der Waals surface area (Å²) in [5, 5.41) is 3.48. The Labute approximate surface area is 255 Å². The lowest BCUT2D eigenvalue weighted by Crippen LogP contribution is -2.43. The number of Topliss-reactive ketones (excluding diaryl/α,β-unsaturated/α-hetero) is 2. The van der Waals surface area contributed by atoms with Crippen molar-refractivity contribution in [3.8, 4) is 5.75 Å². The minimum Gasteiger partial charge on any atom is -0.481 e. The molecule has 0 fully saturated rings. The van der Waals surface area contributed by atoms with Crippen molar-refractivity contribution in [1.29, 1.82) is 0 Å². The lowest BCUT2D eigenvalue weighted by molar-refractivity contribution is -0.120. The number of hydrogen-bond acceptors (Lipinski definition) is 5. The van der Waals surface area contributed by atoms with E-state index in [1.807, 2.05) is 7.05 Å². The molecule has 1 amide bonds. The van der Waals surface area contributed by atoms with Gasteiger partial charge in [0, 0.05) is 48.3 Å². The smallest absolute Gasteiger partial charge is 0.262 e. The molecule has 2 aromatic rings. The van der Waals surface area contributed by atoms with Gasteiger partial charge >= 0.3 is 0 Å². The van der Waals surface area contributed by atoms with Crippen LogP contribution in [-0.2, 0) is 14.4 Å². The highest BCUT2D eigenvalue weighted by Gasteiger charge is 2.48. The Kier molecular flexibility index (Phi) is 7.82. The highest BCUT2D eigenvalue weighted by molar-refractivity contribution is 6.37. The van der Waals surface area contributed by atoms with E-state index in [0.717, 1.165) is 24.2 Å². The van der Waals surface area contributed by atoms with Gasteiger partial charge in [-0.2, -0.15) is 0 Å². The van der Waals surface area contributed by atoms with Crippen LogP contribution in [0.2, 0.25) is 15.1 Å². The van der Waals surface area contributed by atoms with Crippen LogP contribution in [0.4, 0.5) is 5.69 Å². The molecular formula is C32H33Cl3N2O4. The van der Waals surface area contributed by atoms with Gasteiger partial charge in [0.25, 0.3) is 5.91 Å². The number of anilines is 1. The first kappa shape index (κ1) is 29.7. The van der Waals surface area contributed by atoms with Gasteiger partial charge in [-0.25, -0.2) is 0 Å². The number of ether oxygens (including phenoxy) is 1. The van der Waals surface area contributed by atoms with Gasteiger partial charge in [-0.1, -0.05) is 74.6 Å². The number of rotatable bonds is 5. The third kappa shape index (κ3) is 5.79. The van der Waals surface area contributed by atoms with E-state index < -0.39 is 11.8 Å². The summed E-state index contributed by atoms with van der Waals surface area (Å²) in [5.74, 6) is -0.798. The molecule has 5 rings (SSSR count). The predicted octanol–water partition coefficient (Wildman–Crippen LogP) is 7.98. The lowest BCUT2D eigenvalue weighted by atomic mass is 9.64. The Morgan fingerprint density at radius 2 is 1.39 bits per heavy atom. The van der Waals surface area contributed by atoms with Gasteiger partial charge in [0.2, 0.25) is 0 Å². The summed E-state index contributed by atoms with van der Waals surface area (Å²) in [6.07, 6.45) is 2.22. The molecule has 0 atom stereocenters. The highest BCUT2D eigenvalue weighted by Crippen LogP contribution is 2.54. The Bertz CT molecular complexity index is 1460. The third-order valence-corrected chi connectivity index (χ3v) is 8.92. The minimum atomic E-state index is -0.573. The summed E-state index contributed by atoms with van der Waals surface area (Å²) in [5.41, 5.74) is 3.90. The average molecular weight is 616 g/mol. The molecule has 1 N–H and O–H groups in total. The van der Waals surface area contributed by atoms with Crippen molar-refractivity contribution >= 4 is 58.0 Å². The molecule has 216 valence electrons. The van der Waals surface area contributed by atoms with Crippen LogP contribution >= 0.6 is 34.8 Å². The van der Waals surface area contributed by atoms with Gasteiger partial charge < -0.3 is 15.0 Å². The van der Waals surface area contributed by atoms with Gasteiger partial charge in [-0.15, -0.1) is 0 Å². The Balaban J connectivity index is 1.51. The fourth-order valence-corrected chi connectivity index (χ4v) is 7.06. The van der Waals surface area contributed by atoms with Crippen LogP contribution in [0.3, 0.4) is 0 Å². The lowest BCUT2D eigenvalue weighted by Gasteiger charge is -2.48. The maximum absolute atomic E-state index is 13.7. The molecule has 3 aliphatic rings. The molecule has 0 unspecified atom stereocenters. The van der Waals surface area contributed by atoms with E-state index in [2.05, 4.69) is 37.9 Å². The van der Waals surface area contributed by atoms with Gasteiger partial charge in [0.1, 0.15) is 0 Å². The Hall–Kier alpha value is -2.80. The number of amides is 1. The molecule has 41 heavy (non-hydrogen) atoms. The highest BCUT2D eigenvalue weighted by atomic mass is 35.5. The number of hydrogen-bond donors (Lipinski definition) is 1. The second-order valence-corrected chi connectivity index (χ2v) is 13.9. The van der Waals surface area contributed by atoms with Gasteiger partial charge in [0.15, 0.2) is 23.9 Å². The van der Waals surface area contributed by atoms with Crippen LogP contribution in [0.25, 0.3) is 0 Å². The third-order valence-electron chi connectivity index (χ3n) is 8.03. The summed E-state index contributed by atoms with van der Waals surface area (Å²) < 4.78 is 5.73. The number of carbonyl (C=O) groups is 3. The number of allylic oxidation sites excluding steroid dienone is 4. The van der Waals surface area contributed by atoms with Crippen molar-refractivity contribution in [2.24, 2.45) is 10.8 Å². The summed E-state index contributed by atoms with van der Waals surface area (Å²) in [6.45, 7) is 8.04. The normalized spacial score (nSPS) is 20.1. The van der Waals surface area contributed by atoms with Gasteiger partial charge in [-0.05, 0) is 53.5 Å². The Morgan fingerprint density at radius 3 is 1.90 bits per heavy atom. The minimum absolute atomic E-state index is 0.0288. The molecule has 0 bridgehead atoms. The zero-order valence-electron chi connectivity index (χ0n) is 23.8. The average Bonchev–Trinajstić information content (AvgIpc) is 2.85. The molecule has 2 aromatic carbocycles. The van der Waals surface area contributed by atoms with Crippen LogP contribution in [0.1, 0.15) is 64.9 Å². The van der Waals surface area contributed by atoms with Gasteiger partial charge in [-0.3, -0.25) is 14.4 Å². The molecular weight excluding hydrogens is 583 g/mol. The fraction of sp³-hybridized carbons (Fsp3) is 0.406. The molecule has 9 heteroatoms. The van der Waals surface area contributed by atoms with Crippen LogP contribution in [0.15, 0.2) is 58.9 Å². The van der Waals surface area contributed by atoms with Crippen molar-refractivity contribution in [3.63, 3.8) is 0 Å². The first-order chi connectivity index (χ1) is 19.2. The largest absolute Gasteiger partial charge is 0.481 e. The topological polar surface area (TPSA) is 75.7 Å².